The Morgan fingerprint density at radius 2 is 1.56 bits per heavy atom. The molecule has 1 aliphatic rings. The molecule has 0 aromatic heterocycles. The number of allylic oxidation sites excluding steroid dienone is 1. The molecule has 188 valence electrons. The van der Waals surface area contributed by atoms with Gasteiger partial charge in [0.1, 0.15) is 0 Å². The lowest BCUT2D eigenvalue weighted by atomic mass is 9.78. The molecule has 0 bridgehead atoms. The van der Waals surface area contributed by atoms with Gasteiger partial charge in [-0.05, 0) is 74.1 Å². The van der Waals surface area contributed by atoms with Gasteiger partial charge in [-0.3, -0.25) is 0 Å². The van der Waals surface area contributed by atoms with Crippen molar-refractivity contribution in [2.24, 2.45) is 5.92 Å². The first-order chi connectivity index (χ1) is 17.4. The molecule has 36 heavy (non-hydrogen) atoms. The molecule has 5 heteroatoms. The maximum atomic E-state index is 15.0. The third-order valence-corrected chi connectivity index (χ3v) is 6.89. The van der Waals surface area contributed by atoms with Crippen LogP contribution in [-0.4, -0.2) is 6.61 Å². The van der Waals surface area contributed by atoms with Gasteiger partial charge >= 0.3 is 0 Å². The SMILES string of the molecule is C=CCCOc1ccc(/C=C/C2CCC(c3ccc(-c4ccc(C)cc4)c(F)c3F)CC2)c(F)c1F. The van der Waals surface area contributed by atoms with Crippen LogP contribution in [0, 0.1) is 36.1 Å². The van der Waals surface area contributed by atoms with Crippen molar-refractivity contribution >= 4 is 6.08 Å². The van der Waals surface area contributed by atoms with Crippen molar-refractivity contribution in [1.29, 1.82) is 0 Å². The monoisotopic (exact) mass is 494 g/mol. The number of halogens is 4. The third-order valence-electron chi connectivity index (χ3n) is 6.89. The topological polar surface area (TPSA) is 9.23 Å². The van der Waals surface area contributed by atoms with Gasteiger partial charge in [-0.25, -0.2) is 13.2 Å². The van der Waals surface area contributed by atoms with Crippen molar-refractivity contribution in [3.05, 3.63) is 107 Å². The van der Waals surface area contributed by atoms with Crippen molar-refractivity contribution in [3.63, 3.8) is 0 Å². The minimum absolute atomic E-state index is 0.0719. The Labute approximate surface area is 210 Å². The van der Waals surface area contributed by atoms with Crippen LogP contribution in [0.15, 0.2) is 67.3 Å². The van der Waals surface area contributed by atoms with Crippen molar-refractivity contribution in [2.75, 3.05) is 6.61 Å². The lowest BCUT2D eigenvalue weighted by Crippen LogP contribution is -2.13. The van der Waals surface area contributed by atoms with E-state index in [0.29, 0.717) is 30.4 Å². The van der Waals surface area contributed by atoms with Crippen molar-refractivity contribution in [1.82, 2.24) is 0 Å². The first-order valence-corrected chi connectivity index (χ1v) is 12.3. The fourth-order valence-corrected chi connectivity index (χ4v) is 4.74. The van der Waals surface area contributed by atoms with E-state index in [4.69, 9.17) is 4.74 Å². The minimum atomic E-state index is -1.00. The summed E-state index contributed by atoms with van der Waals surface area (Å²) in [5, 5.41) is 0. The second-order valence-corrected chi connectivity index (χ2v) is 9.37. The Bertz CT molecular complexity index is 1240. The van der Waals surface area contributed by atoms with Crippen molar-refractivity contribution < 1.29 is 22.3 Å². The minimum Gasteiger partial charge on any atom is -0.490 e. The molecule has 4 rings (SSSR count). The predicted molar refractivity (Wildman–Crippen MR) is 137 cm³/mol. The molecule has 1 nitrogen and oxygen atoms in total. The Morgan fingerprint density at radius 1 is 0.833 bits per heavy atom. The van der Waals surface area contributed by atoms with Crippen molar-refractivity contribution in [3.8, 4) is 16.9 Å². The maximum absolute atomic E-state index is 15.0. The molecule has 1 saturated carbocycles. The summed E-state index contributed by atoms with van der Waals surface area (Å²) in [6.45, 7) is 5.75. The molecule has 0 radical (unpaired) electrons. The standard InChI is InChI=1S/C31H30F4O/c1-3-4-19-36-27-18-15-24(28(32)31(27)35)14-9-21-7-12-23(13-8-21)26-17-16-25(29(33)30(26)34)22-10-5-20(2)6-11-22/h3,5-6,9-11,14-18,21,23H,1,4,7-8,12-13,19H2,2H3/b14-9+. The van der Waals surface area contributed by atoms with Crippen molar-refractivity contribution in [2.45, 2.75) is 44.9 Å². The zero-order valence-electron chi connectivity index (χ0n) is 20.4. The largest absolute Gasteiger partial charge is 0.490 e. The molecule has 0 N–H and O–H groups in total. The number of aryl methyl sites for hydroxylation is 1. The Kier molecular flexibility index (Phi) is 8.29. The van der Waals surface area contributed by atoms with Crippen LogP contribution in [0.3, 0.4) is 0 Å². The molecule has 0 saturated heterocycles. The molecule has 0 amide bonds. The maximum Gasteiger partial charge on any atom is 0.201 e. The van der Waals surface area contributed by atoms with Crippen LogP contribution < -0.4 is 4.74 Å². The average Bonchev–Trinajstić information content (AvgIpc) is 2.89. The summed E-state index contributed by atoms with van der Waals surface area (Å²) in [6.07, 6.45) is 8.56. The van der Waals surface area contributed by atoms with E-state index >= 15 is 4.39 Å². The Hall–Kier alpha value is -3.34. The average molecular weight is 495 g/mol. The van der Waals surface area contributed by atoms with E-state index in [9.17, 15) is 13.2 Å². The number of ether oxygens (including phenoxy) is 1. The Morgan fingerprint density at radius 3 is 2.25 bits per heavy atom. The van der Waals surface area contributed by atoms with Crippen LogP contribution in [0.4, 0.5) is 17.6 Å². The van der Waals surface area contributed by atoms with Gasteiger partial charge in [0.2, 0.25) is 5.82 Å². The Balaban J connectivity index is 1.39. The number of hydrogen-bond donors (Lipinski definition) is 0. The highest BCUT2D eigenvalue weighted by Crippen LogP contribution is 2.39. The summed E-state index contributed by atoms with van der Waals surface area (Å²) in [7, 11) is 0. The molecule has 1 aliphatic carbocycles. The van der Waals surface area contributed by atoms with Gasteiger partial charge < -0.3 is 4.74 Å². The number of benzene rings is 3. The van der Waals surface area contributed by atoms with Crippen LogP contribution >= 0.6 is 0 Å². The van der Waals surface area contributed by atoms with Gasteiger partial charge in [0.25, 0.3) is 0 Å². The zero-order chi connectivity index (χ0) is 25.7. The van der Waals surface area contributed by atoms with Crippen LogP contribution in [0.2, 0.25) is 0 Å². The summed E-state index contributed by atoms with van der Waals surface area (Å²) >= 11 is 0. The van der Waals surface area contributed by atoms with Gasteiger partial charge in [0.15, 0.2) is 23.2 Å². The van der Waals surface area contributed by atoms with Crippen LogP contribution in [0.25, 0.3) is 17.2 Å². The molecule has 0 unspecified atom stereocenters. The molecule has 0 spiro atoms. The van der Waals surface area contributed by atoms with E-state index in [0.717, 1.165) is 18.4 Å². The third kappa shape index (κ3) is 5.72. The summed E-state index contributed by atoms with van der Waals surface area (Å²) in [5.74, 6) is -3.56. The second-order valence-electron chi connectivity index (χ2n) is 9.37. The van der Waals surface area contributed by atoms with Crippen LogP contribution in [-0.2, 0) is 0 Å². The molecule has 1 fully saturated rings. The van der Waals surface area contributed by atoms with Gasteiger partial charge in [-0.2, -0.15) is 4.39 Å². The van der Waals surface area contributed by atoms with Crippen LogP contribution in [0.1, 0.15) is 54.7 Å². The molecular weight excluding hydrogens is 464 g/mol. The quantitative estimate of drug-likeness (QED) is 0.172. The lowest BCUT2D eigenvalue weighted by molar-refractivity contribution is 0.301. The molecule has 0 aliphatic heterocycles. The highest BCUT2D eigenvalue weighted by atomic mass is 19.2. The second kappa shape index (κ2) is 11.6. The molecular formula is C31H30F4O. The molecule has 0 atom stereocenters. The summed E-state index contributed by atoms with van der Waals surface area (Å²) < 4.78 is 63.9. The fourth-order valence-electron chi connectivity index (χ4n) is 4.74. The number of rotatable bonds is 8. The summed E-state index contributed by atoms with van der Waals surface area (Å²) in [4.78, 5) is 0. The summed E-state index contributed by atoms with van der Waals surface area (Å²) in [6, 6.07) is 13.6. The van der Waals surface area contributed by atoms with Gasteiger partial charge in [0, 0.05) is 11.1 Å². The predicted octanol–water partition coefficient (Wildman–Crippen LogP) is 9.16. The normalized spacial score (nSPS) is 17.9. The van der Waals surface area contributed by atoms with Gasteiger partial charge in [-0.15, -0.1) is 6.58 Å². The molecule has 0 heterocycles. The van der Waals surface area contributed by atoms with Gasteiger partial charge in [0.05, 0.1) is 6.61 Å². The fraction of sp³-hybridized carbons (Fsp3) is 0.290. The first-order valence-electron chi connectivity index (χ1n) is 12.3. The van der Waals surface area contributed by atoms with E-state index in [1.165, 1.54) is 12.1 Å². The molecule has 3 aromatic carbocycles. The number of hydrogen-bond acceptors (Lipinski definition) is 1. The van der Waals surface area contributed by atoms with Gasteiger partial charge in [-0.1, -0.05) is 60.2 Å². The van der Waals surface area contributed by atoms with E-state index < -0.39 is 23.3 Å². The van der Waals surface area contributed by atoms with E-state index in [1.54, 1.807) is 36.4 Å². The first kappa shape index (κ1) is 25.7. The zero-order valence-corrected chi connectivity index (χ0v) is 20.4. The lowest BCUT2D eigenvalue weighted by Gasteiger charge is -2.27. The highest BCUT2D eigenvalue weighted by molar-refractivity contribution is 5.65. The van der Waals surface area contributed by atoms with Crippen LogP contribution in [0.5, 0.6) is 5.75 Å². The summed E-state index contributed by atoms with van der Waals surface area (Å²) in [5.41, 5.74) is 2.54. The van der Waals surface area contributed by atoms with E-state index in [-0.39, 0.29) is 35.3 Å². The smallest absolute Gasteiger partial charge is 0.201 e. The highest BCUT2D eigenvalue weighted by Gasteiger charge is 2.26. The van der Waals surface area contributed by atoms with E-state index in [2.05, 4.69) is 6.58 Å². The van der Waals surface area contributed by atoms with E-state index in [1.807, 2.05) is 25.1 Å². The molecule has 3 aromatic rings.